The second-order valence-electron chi connectivity index (χ2n) is 6.47. The van der Waals surface area contributed by atoms with E-state index in [-0.39, 0.29) is 18.1 Å². The summed E-state index contributed by atoms with van der Waals surface area (Å²) in [6.45, 7) is 1.78. The normalized spacial score (nSPS) is 11.1. The quantitative estimate of drug-likeness (QED) is 0.282. The van der Waals surface area contributed by atoms with Gasteiger partial charge < -0.3 is 9.72 Å². The number of Topliss-reactive ketones (excluding diaryl/α,β-unsaturated/α-hetero) is 1. The number of hydrogen-bond acceptors (Lipinski definition) is 6. The van der Waals surface area contributed by atoms with Crippen molar-refractivity contribution < 1.29 is 14.3 Å². The van der Waals surface area contributed by atoms with Crippen LogP contribution in [0, 0.1) is 0 Å². The summed E-state index contributed by atoms with van der Waals surface area (Å²) in [4.78, 5) is 36.5. The minimum Gasteiger partial charge on any atom is -0.457 e. The monoisotopic (exact) mass is 405 g/mol. The van der Waals surface area contributed by atoms with E-state index in [2.05, 4.69) is 21.9 Å². The third kappa shape index (κ3) is 4.14. The number of benzene rings is 2. The van der Waals surface area contributed by atoms with Gasteiger partial charge in [-0.3, -0.25) is 14.6 Å². The zero-order valence-corrected chi connectivity index (χ0v) is 16.7. The van der Waals surface area contributed by atoms with Crippen LogP contribution in [-0.2, 0) is 16.0 Å². The van der Waals surface area contributed by atoms with E-state index in [0.717, 1.165) is 33.9 Å². The fourth-order valence-electron chi connectivity index (χ4n) is 3.15. The molecule has 0 saturated carbocycles. The Kier molecular flexibility index (Phi) is 5.57. The molecule has 146 valence electrons. The molecule has 7 heteroatoms. The predicted molar refractivity (Wildman–Crippen MR) is 113 cm³/mol. The molecular weight excluding hydrogens is 386 g/mol. The molecule has 4 rings (SSSR count). The molecule has 0 aliphatic rings. The second kappa shape index (κ2) is 8.45. The summed E-state index contributed by atoms with van der Waals surface area (Å²) < 4.78 is 5.17. The van der Waals surface area contributed by atoms with E-state index < -0.39 is 5.97 Å². The summed E-state index contributed by atoms with van der Waals surface area (Å²) in [5.41, 5.74) is 4.21. The molecule has 2 aromatic heterocycles. The minimum atomic E-state index is -0.465. The number of rotatable bonds is 7. The molecule has 0 atom stereocenters. The van der Waals surface area contributed by atoms with Crippen LogP contribution in [0.25, 0.3) is 21.9 Å². The van der Waals surface area contributed by atoms with E-state index in [1.54, 1.807) is 12.4 Å². The van der Waals surface area contributed by atoms with Gasteiger partial charge in [0.15, 0.2) is 6.61 Å². The molecule has 0 bridgehead atoms. The Labute approximate surface area is 171 Å². The maximum Gasteiger partial charge on any atom is 0.316 e. The van der Waals surface area contributed by atoms with Gasteiger partial charge in [0, 0.05) is 22.7 Å². The Hall–Kier alpha value is -3.19. The van der Waals surface area contributed by atoms with E-state index in [1.807, 2.05) is 42.5 Å². The lowest BCUT2D eigenvalue weighted by molar-refractivity contribution is -0.139. The molecule has 6 nitrogen and oxygen atoms in total. The summed E-state index contributed by atoms with van der Waals surface area (Å²) in [5.74, 6) is -0.630. The average Bonchev–Trinajstić information content (AvgIpc) is 3.20. The highest BCUT2D eigenvalue weighted by atomic mass is 32.2. The van der Waals surface area contributed by atoms with Crippen molar-refractivity contribution in [3.8, 4) is 0 Å². The van der Waals surface area contributed by atoms with Crippen molar-refractivity contribution in [1.82, 2.24) is 15.0 Å². The molecule has 0 unspecified atom stereocenters. The van der Waals surface area contributed by atoms with E-state index in [0.29, 0.717) is 10.6 Å². The molecule has 2 aromatic carbocycles. The lowest BCUT2D eigenvalue weighted by Gasteiger charge is -2.05. The molecule has 0 amide bonds. The molecule has 0 fully saturated rings. The Morgan fingerprint density at radius 1 is 1.10 bits per heavy atom. The number of fused-ring (bicyclic) bond motifs is 2. The number of aromatic amines is 1. The van der Waals surface area contributed by atoms with Gasteiger partial charge in [-0.2, -0.15) is 0 Å². The van der Waals surface area contributed by atoms with Gasteiger partial charge in [-0.1, -0.05) is 49.0 Å². The van der Waals surface area contributed by atoms with Crippen molar-refractivity contribution in [3.63, 3.8) is 0 Å². The van der Waals surface area contributed by atoms with Gasteiger partial charge in [-0.05, 0) is 24.1 Å². The number of aromatic nitrogens is 3. The first kappa shape index (κ1) is 19.1. The summed E-state index contributed by atoms with van der Waals surface area (Å²) in [5, 5.41) is 1.49. The summed E-state index contributed by atoms with van der Waals surface area (Å²) >= 11 is 1.23. The first-order chi connectivity index (χ1) is 14.2. The van der Waals surface area contributed by atoms with Gasteiger partial charge in [-0.25, -0.2) is 4.98 Å². The lowest BCUT2D eigenvalue weighted by atomic mass is 10.1. The van der Waals surface area contributed by atoms with E-state index in [1.165, 1.54) is 11.8 Å². The lowest BCUT2D eigenvalue weighted by Crippen LogP contribution is -2.15. The van der Waals surface area contributed by atoms with Crippen molar-refractivity contribution in [2.24, 2.45) is 0 Å². The Bertz CT molecular complexity index is 1200. The molecule has 29 heavy (non-hydrogen) atoms. The average molecular weight is 405 g/mol. The van der Waals surface area contributed by atoms with Crippen LogP contribution in [0.2, 0.25) is 0 Å². The number of ketones is 1. The van der Waals surface area contributed by atoms with Gasteiger partial charge in [0.05, 0.1) is 23.0 Å². The largest absolute Gasteiger partial charge is 0.457 e. The number of thioether (sulfide) groups is 1. The molecule has 0 aliphatic heterocycles. The van der Waals surface area contributed by atoms with Crippen molar-refractivity contribution in [2.45, 2.75) is 18.4 Å². The summed E-state index contributed by atoms with van der Waals surface area (Å²) in [6, 6.07) is 13.4. The third-order valence-electron chi connectivity index (χ3n) is 4.61. The van der Waals surface area contributed by atoms with Crippen molar-refractivity contribution in [2.75, 3.05) is 12.4 Å². The highest BCUT2D eigenvalue weighted by molar-refractivity contribution is 7.99. The number of esters is 1. The number of ether oxygens (including phenoxy) is 1. The van der Waals surface area contributed by atoms with Gasteiger partial charge >= 0.3 is 5.97 Å². The van der Waals surface area contributed by atoms with E-state index in [9.17, 15) is 9.59 Å². The van der Waals surface area contributed by atoms with Gasteiger partial charge in [0.25, 0.3) is 0 Å². The Balaban J connectivity index is 1.35. The number of hydrogen-bond donors (Lipinski definition) is 1. The van der Waals surface area contributed by atoms with Crippen LogP contribution in [0.4, 0.5) is 0 Å². The molecule has 1 N–H and O–H groups in total. The topological polar surface area (TPSA) is 84.9 Å². The molecule has 0 aliphatic carbocycles. The van der Waals surface area contributed by atoms with E-state index >= 15 is 0 Å². The molecular formula is C22H19N3O3S. The fourth-order valence-corrected chi connectivity index (χ4v) is 3.79. The number of aryl methyl sites for hydroxylation is 1. The second-order valence-corrected chi connectivity index (χ2v) is 7.46. The van der Waals surface area contributed by atoms with Crippen LogP contribution in [-0.4, -0.2) is 39.1 Å². The Morgan fingerprint density at radius 3 is 2.76 bits per heavy atom. The van der Waals surface area contributed by atoms with Crippen LogP contribution in [0.1, 0.15) is 22.8 Å². The first-order valence-corrected chi connectivity index (χ1v) is 10.3. The maximum atomic E-state index is 12.5. The molecule has 0 saturated heterocycles. The summed E-state index contributed by atoms with van der Waals surface area (Å²) in [7, 11) is 0. The van der Waals surface area contributed by atoms with Crippen LogP contribution in [0.15, 0.2) is 59.9 Å². The Morgan fingerprint density at radius 2 is 1.93 bits per heavy atom. The standard InChI is InChI=1S/C22H19N3O3S/c1-2-14-6-5-7-15-16(10-24-22(14)15)19(26)12-28-21(27)13-29-20-11-23-17-8-3-4-9-18(17)25-20/h3-11,24H,2,12-13H2,1H3. The number of nitrogens with one attached hydrogen (secondary N) is 1. The van der Waals surface area contributed by atoms with E-state index in [4.69, 9.17) is 4.74 Å². The number of nitrogens with zero attached hydrogens (tertiary/aromatic N) is 2. The summed E-state index contributed by atoms with van der Waals surface area (Å²) in [6.07, 6.45) is 4.18. The zero-order valence-electron chi connectivity index (χ0n) is 15.8. The number of carbonyl (C=O) groups excluding carboxylic acids is 2. The molecule has 0 radical (unpaired) electrons. The van der Waals surface area contributed by atoms with Crippen molar-refractivity contribution >= 4 is 45.5 Å². The van der Waals surface area contributed by atoms with Crippen LogP contribution in [0.5, 0.6) is 0 Å². The number of para-hydroxylation sites is 3. The van der Waals surface area contributed by atoms with Crippen LogP contribution < -0.4 is 0 Å². The third-order valence-corrected chi connectivity index (χ3v) is 5.48. The van der Waals surface area contributed by atoms with Gasteiger partial charge in [0.1, 0.15) is 5.03 Å². The molecule has 0 spiro atoms. The number of H-pyrrole nitrogens is 1. The molecule has 4 aromatic rings. The van der Waals surface area contributed by atoms with Gasteiger partial charge in [0.2, 0.25) is 5.78 Å². The predicted octanol–water partition coefficient (Wildman–Crippen LogP) is 4.19. The maximum absolute atomic E-state index is 12.5. The fraction of sp³-hybridized carbons (Fsp3) is 0.182. The highest BCUT2D eigenvalue weighted by Crippen LogP contribution is 2.23. The first-order valence-electron chi connectivity index (χ1n) is 9.28. The van der Waals surface area contributed by atoms with Crippen molar-refractivity contribution in [1.29, 1.82) is 0 Å². The minimum absolute atomic E-state index is 0.0637. The van der Waals surface area contributed by atoms with Crippen molar-refractivity contribution in [3.05, 3.63) is 66.0 Å². The number of carbonyl (C=O) groups is 2. The van der Waals surface area contributed by atoms with Gasteiger partial charge in [-0.15, -0.1) is 0 Å². The highest BCUT2D eigenvalue weighted by Gasteiger charge is 2.16. The smallest absolute Gasteiger partial charge is 0.316 e. The van der Waals surface area contributed by atoms with Crippen LogP contribution >= 0.6 is 11.8 Å². The molecule has 2 heterocycles. The van der Waals surface area contributed by atoms with Crippen LogP contribution in [0.3, 0.4) is 0 Å². The SMILES string of the molecule is CCc1cccc2c(C(=O)COC(=O)CSc3cnc4ccccc4n3)c[nH]c12. The zero-order chi connectivity index (χ0) is 20.2.